The van der Waals surface area contributed by atoms with Crippen LogP contribution in [0.5, 0.6) is 0 Å². The quantitative estimate of drug-likeness (QED) is 0.711. The van der Waals surface area contributed by atoms with E-state index in [0.29, 0.717) is 11.4 Å². The van der Waals surface area contributed by atoms with Crippen molar-refractivity contribution in [2.24, 2.45) is 0 Å². The first-order valence-electron chi connectivity index (χ1n) is 4.80. The van der Waals surface area contributed by atoms with Crippen LogP contribution in [0.3, 0.4) is 0 Å². The molecule has 0 atom stereocenters. The van der Waals surface area contributed by atoms with Gasteiger partial charge in [-0.15, -0.1) is 0 Å². The second kappa shape index (κ2) is 3.42. The van der Waals surface area contributed by atoms with Crippen LogP contribution in [-0.2, 0) is 0 Å². The maximum absolute atomic E-state index is 13.7. The molecule has 3 heteroatoms. The third-order valence-corrected chi connectivity index (χ3v) is 2.48. The molecule has 1 aromatic heterocycles. The number of hydrogen-bond donors (Lipinski definition) is 1. The minimum absolute atomic E-state index is 0.294. The van der Waals surface area contributed by atoms with E-state index < -0.39 is 0 Å². The number of hydrogen-bond acceptors (Lipinski definition) is 1. The highest BCUT2D eigenvalue weighted by Crippen LogP contribution is 2.20. The van der Waals surface area contributed by atoms with Gasteiger partial charge in [0, 0.05) is 17.1 Å². The standard InChI is InChI=1S/C12H13FN2/c1-8-3-4-9(2)15(8)12-6-5-10(14)7-11(12)13/h3-7H,14H2,1-2H3. The molecule has 0 unspecified atom stereocenters. The summed E-state index contributed by atoms with van der Waals surface area (Å²) >= 11 is 0. The summed E-state index contributed by atoms with van der Waals surface area (Å²) < 4.78 is 15.5. The van der Waals surface area contributed by atoms with Crippen LogP contribution in [0, 0.1) is 19.7 Å². The molecule has 0 amide bonds. The highest BCUT2D eigenvalue weighted by atomic mass is 19.1. The average Bonchev–Trinajstić information content (AvgIpc) is 2.48. The molecule has 1 heterocycles. The van der Waals surface area contributed by atoms with Crippen molar-refractivity contribution in [1.82, 2.24) is 4.57 Å². The summed E-state index contributed by atoms with van der Waals surface area (Å²) in [5.41, 5.74) is 8.52. The molecule has 0 aliphatic heterocycles. The fraction of sp³-hybridized carbons (Fsp3) is 0.167. The summed E-state index contributed by atoms with van der Waals surface area (Å²) in [7, 11) is 0. The number of aryl methyl sites for hydroxylation is 2. The maximum Gasteiger partial charge on any atom is 0.149 e. The lowest BCUT2D eigenvalue weighted by Crippen LogP contribution is -2.02. The van der Waals surface area contributed by atoms with E-state index in [1.165, 1.54) is 6.07 Å². The zero-order chi connectivity index (χ0) is 11.0. The van der Waals surface area contributed by atoms with Crippen molar-refractivity contribution in [3.63, 3.8) is 0 Å². The van der Waals surface area contributed by atoms with Gasteiger partial charge in [0.25, 0.3) is 0 Å². The predicted molar refractivity (Wildman–Crippen MR) is 59.6 cm³/mol. The van der Waals surface area contributed by atoms with Crippen molar-refractivity contribution in [3.05, 3.63) is 47.5 Å². The number of aromatic nitrogens is 1. The van der Waals surface area contributed by atoms with E-state index in [9.17, 15) is 4.39 Å². The van der Waals surface area contributed by atoms with Gasteiger partial charge in [0.15, 0.2) is 0 Å². The molecule has 0 saturated carbocycles. The molecule has 2 aromatic rings. The monoisotopic (exact) mass is 204 g/mol. The van der Waals surface area contributed by atoms with Crippen LogP contribution < -0.4 is 5.73 Å². The minimum atomic E-state index is -0.294. The predicted octanol–water partition coefficient (Wildman–Crippen LogP) is 2.82. The minimum Gasteiger partial charge on any atom is -0.399 e. The Morgan fingerprint density at radius 1 is 1.07 bits per heavy atom. The van der Waals surface area contributed by atoms with E-state index in [2.05, 4.69) is 0 Å². The van der Waals surface area contributed by atoms with Crippen LogP contribution >= 0.6 is 0 Å². The average molecular weight is 204 g/mol. The molecule has 0 radical (unpaired) electrons. The highest BCUT2D eigenvalue weighted by Gasteiger charge is 2.08. The Morgan fingerprint density at radius 3 is 2.20 bits per heavy atom. The SMILES string of the molecule is Cc1ccc(C)n1-c1ccc(N)cc1F. The number of anilines is 1. The third-order valence-electron chi connectivity index (χ3n) is 2.48. The second-order valence-electron chi connectivity index (χ2n) is 3.66. The summed E-state index contributed by atoms with van der Waals surface area (Å²) in [4.78, 5) is 0. The first kappa shape index (κ1) is 9.77. The van der Waals surface area contributed by atoms with Crippen molar-refractivity contribution >= 4 is 5.69 Å². The molecule has 0 spiro atoms. The number of benzene rings is 1. The fourth-order valence-corrected chi connectivity index (χ4v) is 1.75. The van der Waals surface area contributed by atoms with Gasteiger partial charge < -0.3 is 10.3 Å². The topological polar surface area (TPSA) is 30.9 Å². The summed E-state index contributed by atoms with van der Waals surface area (Å²) in [5, 5.41) is 0. The van der Waals surface area contributed by atoms with Gasteiger partial charge in [-0.2, -0.15) is 0 Å². The Balaban J connectivity index is 2.64. The zero-order valence-corrected chi connectivity index (χ0v) is 8.79. The fourth-order valence-electron chi connectivity index (χ4n) is 1.75. The van der Waals surface area contributed by atoms with Crippen LogP contribution in [0.2, 0.25) is 0 Å². The molecule has 78 valence electrons. The number of nitrogen functional groups attached to an aromatic ring is 1. The molecule has 15 heavy (non-hydrogen) atoms. The number of nitrogens with zero attached hydrogens (tertiary/aromatic N) is 1. The second-order valence-corrected chi connectivity index (χ2v) is 3.66. The van der Waals surface area contributed by atoms with Gasteiger partial charge in [-0.25, -0.2) is 4.39 Å². The van der Waals surface area contributed by atoms with Crippen LogP contribution in [-0.4, -0.2) is 4.57 Å². The summed E-state index contributed by atoms with van der Waals surface area (Å²) in [6.07, 6.45) is 0. The Hall–Kier alpha value is -1.77. The van der Waals surface area contributed by atoms with Crippen molar-refractivity contribution in [2.75, 3.05) is 5.73 Å². The molecule has 2 N–H and O–H groups in total. The van der Waals surface area contributed by atoms with E-state index >= 15 is 0 Å². The largest absolute Gasteiger partial charge is 0.399 e. The van der Waals surface area contributed by atoms with Gasteiger partial charge in [0.2, 0.25) is 0 Å². The summed E-state index contributed by atoms with van der Waals surface area (Å²) in [6, 6.07) is 8.67. The Morgan fingerprint density at radius 2 is 1.67 bits per heavy atom. The van der Waals surface area contributed by atoms with Gasteiger partial charge in [-0.1, -0.05) is 0 Å². The van der Waals surface area contributed by atoms with Gasteiger partial charge >= 0.3 is 0 Å². The molecular weight excluding hydrogens is 191 g/mol. The molecule has 0 saturated heterocycles. The Kier molecular flexibility index (Phi) is 2.23. The number of rotatable bonds is 1. The summed E-state index contributed by atoms with van der Waals surface area (Å²) in [5.74, 6) is -0.294. The molecule has 0 bridgehead atoms. The molecular formula is C12H13FN2. The molecule has 0 aliphatic rings. The molecule has 0 fully saturated rings. The van der Waals surface area contributed by atoms with E-state index in [4.69, 9.17) is 5.73 Å². The van der Waals surface area contributed by atoms with Crippen molar-refractivity contribution in [3.8, 4) is 5.69 Å². The van der Waals surface area contributed by atoms with Gasteiger partial charge in [0.05, 0.1) is 5.69 Å². The van der Waals surface area contributed by atoms with Crippen molar-refractivity contribution in [1.29, 1.82) is 0 Å². The van der Waals surface area contributed by atoms with E-state index in [1.54, 1.807) is 12.1 Å². The van der Waals surface area contributed by atoms with Crippen molar-refractivity contribution in [2.45, 2.75) is 13.8 Å². The highest BCUT2D eigenvalue weighted by molar-refractivity contribution is 5.48. The molecule has 2 rings (SSSR count). The van der Waals surface area contributed by atoms with Gasteiger partial charge in [-0.05, 0) is 44.2 Å². The molecule has 1 aromatic carbocycles. The summed E-state index contributed by atoms with van der Waals surface area (Å²) in [6.45, 7) is 3.89. The molecule has 2 nitrogen and oxygen atoms in total. The van der Waals surface area contributed by atoms with Crippen LogP contribution in [0.4, 0.5) is 10.1 Å². The zero-order valence-electron chi connectivity index (χ0n) is 8.79. The Bertz CT molecular complexity index is 481. The normalized spacial score (nSPS) is 10.6. The lowest BCUT2D eigenvalue weighted by Gasteiger charge is -2.10. The van der Waals surface area contributed by atoms with Gasteiger partial charge in [-0.3, -0.25) is 0 Å². The number of halogens is 1. The smallest absolute Gasteiger partial charge is 0.149 e. The molecule has 0 aliphatic carbocycles. The lowest BCUT2D eigenvalue weighted by molar-refractivity contribution is 0.616. The van der Waals surface area contributed by atoms with Crippen molar-refractivity contribution < 1.29 is 4.39 Å². The van der Waals surface area contributed by atoms with E-state index in [0.717, 1.165) is 11.4 Å². The van der Waals surface area contributed by atoms with Crippen LogP contribution in [0.1, 0.15) is 11.4 Å². The third kappa shape index (κ3) is 1.61. The first-order chi connectivity index (χ1) is 7.09. The first-order valence-corrected chi connectivity index (χ1v) is 4.80. The van der Waals surface area contributed by atoms with Crippen LogP contribution in [0.25, 0.3) is 5.69 Å². The van der Waals surface area contributed by atoms with E-state index in [-0.39, 0.29) is 5.82 Å². The number of nitrogens with two attached hydrogens (primary N) is 1. The van der Waals surface area contributed by atoms with E-state index in [1.807, 2.05) is 30.5 Å². The lowest BCUT2D eigenvalue weighted by atomic mass is 10.2. The Labute approximate surface area is 88.1 Å². The van der Waals surface area contributed by atoms with Crippen LogP contribution in [0.15, 0.2) is 30.3 Å². The maximum atomic E-state index is 13.7. The van der Waals surface area contributed by atoms with Gasteiger partial charge in [0.1, 0.15) is 5.82 Å².